The number of pyridine rings is 1. The van der Waals surface area contributed by atoms with Crippen LogP contribution in [0.25, 0.3) is 0 Å². The van der Waals surface area contributed by atoms with E-state index in [1.807, 2.05) is 0 Å². The van der Waals surface area contributed by atoms with Crippen molar-refractivity contribution in [1.82, 2.24) is 0 Å². The summed E-state index contributed by atoms with van der Waals surface area (Å²) in [5.41, 5.74) is 4.76. The van der Waals surface area contributed by atoms with Gasteiger partial charge in [0.05, 0.1) is 0 Å². The van der Waals surface area contributed by atoms with Gasteiger partial charge in [0.1, 0.15) is 14.1 Å². The molecule has 20 heavy (non-hydrogen) atoms. The molecule has 1 aliphatic heterocycles. The molecule has 1 aromatic rings. The maximum absolute atomic E-state index is 2.43. The van der Waals surface area contributed by atoms with Gasteiger partial charge in [-0.05, 0) is 6.07 Å². The standard InChI is InChI=1S/C17H23IN2/c1-16(2)11-7-8-13(18)20(6)15(11)14-12(17(16,3)4)9-10-19(14)5/h7-10,14H,1-6H3/q+2. The first kappa shape index (κ1) is 14.2. The first-order valence-corrected chi connectivity index (χ1v) is 8.24. The second-order valence-electron chi connectivity index (χ2n) is 7.10. The Hall–Kier alpha value is -0.710. The first-order valence-electron chi connectivity index (χ1n) is 7.16. The molecule has 0 saturated heterocycles. The minimum Gasteiger partial charge on any atom is -0.222 e. The lowest BCUT2D eigenvalue weighted by Crippen LogP contribution is -2.52. The average molecular weight is 382 g/mol. The van der Waals surface area contributed by atoms with Crippen molar-refractivity contribution in [2.24, 2.45) is 12.5 Å². The Kier molecular flexibility index (Phi) is 2.96. The maximum atomic E-state index is 2.43. The molecule has 1 unspecified atom stereocenters. The second-order valence-corrected chi connectivity index (χ2v) is 8.21. The zero-order chi connectivity index (χ0) is 14.9. The summed E-state index contributed by atoms with van der Waals surface area (Å²) in [5, 5.41) is 0. The molecule has 106 valence electrons. The molecule has 2 heterocycles. The van der Waals surface area contributed by atoms with Crippen molar-refractivity contribution < 1.29 is 9.14 Å². The highest BCUT2D eigenvalue weighted by atomic mass is 127. The Morgan fingerprint density at radius 1 is 1.05 bits per heavy atom. The summed E-state index contributed by atoms with van der Waals surface area (Å²) in [4.78, 5) is 0. The Labute approximate surface area is 135 Å². The number of likely N-dealkylation sites (N-methyl/N-ethyl adjacent to an activating group) is 1. The summed E-state index contributed by atoms with van der Waals surface area (Å²) in [6.45, 7) is 9.54. The average Bonchev–Trinajstić information content (AvgIpc) is 2.73. The number of allylic oxidation sites excluding steroid dienone is 1. The zero-order valence-electron chi connectivity index (χ0n) is 13.2. The number of fused-ring (bicyclic) bond motifs is 3. The predicted molar refractivity (Wildman–Crippen MR) is 90.2 cm³/mol. The molecule has 1 aliphatic carbocycles. The van der Waals surface area contributed by atoms with E-state index in [2.05, 4.69) is 97.9 Å². The number of nitrogens with zero attached hydrogens (tertiary/aromatic N) is 2. The van der Waals surface area contributed by atoms with Crippen molar-refractivity contribution in [2.45, 2.75) is 39.2 Å². The Bertz CT molecular complexity index is 666. The van der Waals surface area contributed by atoms with Crippen molar-refractivity contribution in [3.63, 3.8) is 0 Å². The lowest BCUT2D eigenvalue weighted by Gasteiger charge is -2.47. The van der Waals surface area contributed by atoms with Crippen LogP contribution in [-0.4, -0.2) is 17.8 Å². The van der Waals surface area contributed by atoms with Crippen LogP contribution in [0.4, 0.5) is 0 Å². The highest BCUT2D eigenvalue weighted by molar-refractivity contribution is 14.1. The van der Waals surface area contributed by atoms with Gasteiger partial charge < -0.3 is 0 Å². The molecule has 0 aromatic carbocycles. The van der Waals surface area contributed by atoms with Crippen LogP contribution < -0.4 is 4.57 Å². The van der Waals surface area contributed by atoms with Crippen LogP contribution >= 0.6 is 22.6 Å². The fraction of sp³-hybridized carbons (Fsp3) is 0.529. The smallest absolute Gasteiger partial charge is 0.222 e. The van der Waals surface area contributed by atoms with Gasteiger partial charge in [0, 0.05) is 56.7 Å². The number of hydrogen-bond donors (Lipinski definition) is 0. The summed E-state index contributed by atoms with van der Waals surface area (Å²) in [6, 6.07) is 4.96. The van der Waals surface area contributed by atoms with Gasteiger partial charge in [0.15, 0.2) is 6.21 Å². The highest BCUT2D eigenvalue weighted by Crippen LogP contribution is 2.56. The molecule has 1 aromatic heterocycles. The van der Waals surface area contributed by atoms with Gasteiger partial charge in [0.2, 0.25) is 3.70 Å². The Balaban J connectivity index is 2.40. The lowest BCUT2D eigenvalue weighted by atomic mass is 9.55. The Morgan fingerprint density at radius 2 is 1.70 bits per heavy atom. The van der Waals surface area contributed by atoms with Crippen molar-refractivity contribution >= 4 is 28.8 Å². The molecule has 1 atom stereocenters. The largest absolute Gasteiger partial charge is 0.259 e. The van der Waals surface area contributed by atoms with Crippen LogP contribution in [0.1, 0.15) is 45.0 Å². The van der Waals surface area contributed by atoms with Crippen LogP contribution in [0.15, 0.2) is 23.8 Å². The predicted octanol–water partition coefficient (Wildman–Crippen LogP) is 3.13. The van der Waals surface area contributed by atoms with Crippen LogP contribution in [0.2, 0.25) is 0 Å². The molecule has 2 nitrogen and oxygen atoms in total. The second kappa shape index (κ2) is 4.15. The summed E-state index contributed by atoms with van der Waals surface area (Å²) in [5.74, 6) is 0. The molecular formula is C17H23IN2+2. The lowest BCUT2D eigenvalue weighted by molar-refractivity contribution is -0.711. The van der Waals surface area contributed by atoms with E-state index in [4.69, 9.17) is 0 Å². The van der Waals surface area contributed by atoms with Crippen molar-refractivity contribution in [1.29, 1.82) is 0 Å². The van der Waals surface area contributed by atoms with E-state index in [1.165, 1.54) is 20.5 Å². The summed E-state index contributed by atoms with van der Waals surface area (Å²) >= 11 is 2.43. The van der Waals surface area contributed by atoms with E-state index in [-0.39, 0.29) is 10.8 Å². The van der Waals surface area contributed by atoms with Crippen LogP contribution in [-0.2, 0) is 12.5 Å². The van der Waals surface area contributed by atoms with E-state index < -0.39 is 0 Å². The number of hydrogen-bond acceptors (Lipinski definition) is 0. The molecule has 0 saturated carbocycles. The van der Waals surface area contributed by atoms with Gasteiger partial charge in [-0.2, -0.15) is 4.57 Å². The molecule has 0 spiro atoms. The van der Waals surface area contributed by atoms with E-state index >= 15 is 0 Å². The third kappa shape index (κ3) is 1.56. The van der Waals surface area contributed by atoms with E-state index in [9.17, 15) is 0 Å². The summed E-state index contributed by atoms with van der Waals surface area (Å²) in [6.07, 6.45) is 4.56. The molecular weight excluding hydrogens is 359 g/mol. The van der Waals surface area contributed by atoms with Gasteiger partial charge in [0.25, 0.3) is 11.7 Å². The molecule has 0 bridgehead atoms. The van der Waals surface area contributed by atoms with Gasteiger partial charge in [-0.15, -0.1) is 0 Å². The third-order valence-corrected chi connectivity index (χ3v) is 6.84. The molecule has 0 fully saturated rings. The van der Waals surface area contributed by atoms with Crippen LogP contribution in [0, 0.1) is 9.12 Å². The van der Waals surface area contributed by atoms with Crippen molar-refractivity contribution in [2.75, 3.05) is 7.05 Å². The molecule has 3 heteroatoms. The molecule has 0 radical (unpaired) electrons. The van der Waals surface area contributed by atoms with E-state index in [0.717, 1.165) is 0 Å². The highest BCUT2D eigenvalue weighted by Gasteiger charge is 2.57. The van der Waals surface area contributed by atoms with E-state index in [1.54, 1.807) is 0 Å². The van der Waals surface area contributed by atoms with Crippen molar-refractivity contribution in [3.05, 3.63) is 38.7 Å². The maximum Gasteiger partial charge on any atom is 0.259 e. The molecule has 0 N–H and O–H groups in total. The van der Waals surface area contributed by atoms with Gasteiger partial charge in [-0.1, -0.05) is 27.7 Å². The molecule has 2 aliphatic rings. The van der Waals surface area contributed by atoms with Gasteiger partial charge in [-0.25, -0.2) is 4.58 Å². The monoisotopic (exact) mass is 382 g/mol. The van der Waals surface area contributed by atoms with E-state index in [0.29, 0.717) is 6.04 Å². The zero-order valence-corrected chi connectivity index (χ0v) is 15.3. The van der Waals surface area contributed by atoms with Crippen LogP contribution in [0.5, 0.6) is 0 Å². The first-order chi connectivity index (χ1) is 9.19. The fourth-order valence-corrected chi connectivity index (χ4v) is 4.13. The summed E-state index contributed by atoms with van der Waals surface area (Å²) in [7, 11) is 4.38. The number of rotatable bonds is 0. The number of aromatic nitrogens is 1. The minimum atomic E-state index is 0.131. The van der Waals surface area contributed by atoms with Gasteiger partial charge >= 0.3 is 0 Å². The number of halogens is 1. The third-order valence-electron chi connectivity index (χ3n) is 5.75. The SMILES string of the molecule is C[N+]1=CC=C2C1c1c(ccc(I)[n+]1C)C(C)(C)C2(C)C. The van der Waals surface area contributed by atoms with Crippen LogP contribution in [0.3, 0.4) is 0 Å². The topological polar surface area (TPSA) is 6.89 Å². The minimum absolute atomic E-state index is 0.131. The quantitative estimate of drug-likeness (QED) is 0.370. The Morgan fingerprint density at radius 3 is 2.35 bits per heavy atom. The summed E-state index contributed by atoms with van der Waals surface area (Å²) < 4.78 is 6.00. The van der Waals surface area contributed by atoms with Gasteiger partial charge in [-0.3, -0.25) is 0 Å². The molecule has 0 amide bonds. The normalized spacial score (nSPS) is 25.6. The fourth-order valence-electron chi connectivity index (χ4n) is 3.69. The molecule has 3 rings (SSSR count). The van der Waals surface area contributed by atoms with Crippen molar-refractivity contribution in [3.8, 4) is 0 Å².